The van der Waals surface area contributed by atoms with E-state index < -0.39 is 0 Å². The molecule has 1 aromatic rings. The zero-order valence-electron chi connectivity index (χ0n) is 19.0. The van der Waals surface area contributed by atoms with Gasteiger partial charge in [0.25, 0.3) is 0 Å². The molecule has 7 heteroatoms. The van der Waals surface area contributed by atoms with E-state index in [1.54, 1.807) is 0 Å². The van der Waals surface area contributed by atoms with Gasteiger partial charge in [-0.15, -0.1) is 0 Å². The smallest absolute Gasteiger partial charge is 0.242 e. The summed E-state index contributed by atoms with van der Waals surface area (Å²) in [6.07, 6.45) is 0.125. The van der Waals surface area contributed by atoms with Gasteiger partial charge in [-0.1, -0.05) is 13.8 Å². The average Bonchev–Trinajstić information content (AvgIpc) is 2.58. The number of rotatable bonds is 10. The van der Waals surface area contributed by atoms with Crippen LogP contribution in [0.5, 0.6) is 5.75 Å². The zero-order valence-corrected chi connectivity index (χ0v) is 19.0. The van der Waals surface area contributed by atoms with Crippen LogP contribution >= 0.6 is 0 Å². The van der Waals surface area contributed by atoms with Crippen LogP contribution in [-0.2, 0) is 9.53 Å². The second-order valence-electron chi connectivity index (χ2n) is 8.67. The molecule has 1 rings (SSSR count). The van der Waals surface area contributed by atoms with E-state index in [4.69, 9.17) is 9.47 Å². The number of ether oxygens (including phenoxy) is 2. The molecule has 0 bridgehead atoms. The first-order chi connectivity index (χ1) is 13.5. The molecule has 0 radical (unpaired) electrons. The molecule has 0 heterocycles. The van der Waals surface area contributed by atoms with Crippen molar-refractivity contribution in [2.45, 2.75) is 60.1 Å². The fraction of sp³-hybridized carbons (Fsp3) is 0.636. The van der Waals surface area contributed by atoms with Crippen molar-refractivity contribution in [2.24, 2.45) is 10.9 Å². The van der Waals surface area contributed by atoms with E-state index in [0.29, 0.717) is 31.6 Å². The molecule has 0 aromatic heterocycles. The third-order valence-corrected chi connectivity index (χ3v) is 3.37. The van der Waals surface area contributed by atoms with Crippen LogP contribution in [0.1, 0.15) is 48.5 Å². The van der Waals surface area contributed by atoms with Gasteiger partial charge in [-0.2, -0.15) is 0 Å². The number of hydrogen-bond donors (Lipinski definition) is 3. The summed E-state index contributed by atoms with van der Waals surface area (Å²) in [6.45, 7) is 15.9. The van der Waals surface area contributed by atoms with Crippen LogP contribution in [0.15, 0.2) is 29.3 Å². The molecule has 0 aliphatic rings. The van der Waals surface area contributed by atoms with Crippen molar-refractivity contribution in [1.29, 1.82) is 0 Å². The van der Waals surface area contributed by atoms with Gasteiger partial charge in [0.1, 0.15) is 12.3 Å². The Kier molecular flexibility index (Phi) is 10.5. The van der Waals surface area contributed by atoms with E-state index in [9.17, 15) is 4.79 Å². The van der Waals surface area contributed by atoms with Crippen LogP contribution in [0.3, 0.4) is 0 Å². The quantitative estimate of drug-likeness (QED) is 0.315. The van der Waals surface area contributed by atoms with Gasteiger partial charge in [0.15, 0.2) is 5.96 Å². The summed E-state index contributed by atoms with van der Waals surface area (Å²) >= 11 is 0. The molecule has 3 N–H and O–H groups in total. The topological polar surface area (TPSA) is 84.0 Å². The van der Waals surface area contributed by atoms with Crippen LogP contribution in [0, 0.1) is 5.92 Å². The molecule has 1 aromatic carbocycles. The molecular weight excluding hydrogens is 368 g/mol. The monoisotopic (exact) mass is 406 g/mol. The molecule has 164 valence electrons. The normalized spacial score (nSPS) is 12.2. The average molecular weight is 407 g/mol. The second-order valence-corrected chi connectivity index (χ2v) is 8.67. The Morgan fingerprint density at radius 2 is 1.76 bits per heavy atom. The van der Waals surface area contributed by atoms with Crippen LogP contribution in [0.4, 0.5) is 5.69 Å². The summed E-state index contributed by atoms with van der Waals surface area (Å²) in [5.74, 6) is 1.70. The predicted octanol–water partition coefficient (Wildman–Crippen LogP) is 3.42. The number of guanidine groups is 1. The number of aliphatic imine (C=N–C) groups is 1. The fourth-order valence-electron chi connectivity index (χ4n) is 2.33. The summed E-state index contributed by atoms with van der Waals surface area (Å²) in [7, 11) is 0. The lowest BCUT2D eigenvalue weighted by Gasteiger charge is -2.20. The molecule has 7 nitrogen and oxygen atoms in total. The van der Waals surface area contributed by atoms with E-state index in [1.165, 1.54) is 0 Å². The van der Waals surface area contributed by atoms with E-state index in [-0.39, 0.29) is 24.1 Å². The molecule has 0 saturated heterocycles. The maximum absolute atomic E-state index is 12.1. The van der Waals surface area contributed by atoms with Crippen molar-refractivity contribution < 1.29 is 14.3 Å². The number of amides is 1. The Balaban J connectivity index is 2.70. The highest BCUT2D eigenvalue weighted by atomic mass is 16.5. The van der Waals surface area contributed by atoms with E-state index in [0.717, 1.165) is 11.4 Å². The molecule has 0 unspecified atom stereocenters. The van der Waals surface area contributed by atoms with Crippen molar-refractivity contribution in [1.82, 2.24) is 10.6 Å². The number of carbonyl (C=O) groups is 1. The lowest BCUT2D eigenvalue weighted by Crippen LogP contribution is -2.42. The van der Waals surface area contributed by atoms with Gasteiger partial charge in [-0.3, -0.25) is 4.79 Å². The summed E-state index contributed by atoms with van der Waals surface area (Å²) < 4.78 is 11.3. The molecule has 0 spiro atoms. The van der Waals surface area contributed by atoms with Crippen LogP contribution in [0.2, 0.25) is 0 Å². The predicted molar refractivity (Wildman–Crippen MR) is 120 cm³/mol. The van der Waals surface area contributed by atoms with Crippen molar-refractivity contribution in [2.75, 3.05) is 31.6 Å². The number of nitrogens with one attached hydrogen (secondary N) is 3. The van der Waals surface area contributed by atoms with Crippen molar-refractivity contribution in [3.63, 3.8) is 0 Å². The third kappa shape index (κ3) is 12.7. The number of benzene rings is 1. The summed E-state index contributed by atoms with van der Waals surface area (Å²) in [4.78, 5) is 16.5. The third-order valence-electron chi connectivity index (χ3n) is 3.37. The number of carbonyl (C=O) groups excluding carboxylic acids is 1. The van der Waals surface area contributed by atoms with Gasteiger partial charge in [0.05, 0.1) is 12.7 Å². The second kappa shape index (κ2) is 12.3. The lowest BCUT2D eigenvalue weighted by atomic mass is 10.1. The highest BCUT2D eigenvalue weighted by Crippen LogP contribution is 2.16. The molecule has 0 fully saturated rings. The van der Waals surface area contributed by atoms with Crippen LogP contribution in [-0.4, -0.2) is 49.8 Å². The first kappa shape index (κ1) is 24.8. The molecular formula is C22H38N4O3. The number of anilines is 1. The van der Waals surface area contributed by atoms with Crippen molar-refractivity contribution in [3.05, 3.63) is 24.3 Å². The SMILES string of the molecule is CC(C)COCCNC(=NCC(=O)NC(C)(C)C)Nc1ccc(OC(C)C)cc1. The standard InChI is InChI=1S/C22H38N4O3/c1-16(2)15-28-13-12-23-21(24-14-20(27)26-22(5,6)7)25-18-8-10-19(11-9-18)29-17(3)4/h8-11,16-17H,12-15H2,1-7H3,(H,26,27)(H2,23,24,25). The number of hydrogen-bond acceptors (Lipinski definition) is 4. The van der Waals surface area contributed by atoms with Gasteiger partial charge in [0.2, 0.25) is 5.91 Å². The Hall–Kier alpha value is -2.28. The van der Waals surface area contributed by atoms with Gasteiger partial charge in [-0.25, -0.2) is 4.99 Å². The van der Waals surface area contributed by atoms with E-state index in [1.807, 2.05) is 58.9 Å². The molecule has 29 heavy (non-hydrogen) atoms. The van der Waals surface area contributed by atoms with Gasteiger partial charge >= 0.3 is 0 Å². The first-order valence-corrected chi connectivity index (χ1v) is 10.3. The largest absolute Gasteiger partial charge is 0.491 e. The maximum atomic E-state index is 12.1. The Morgan fingerprint density at radius 1 is 1.10 bits per heavy atom. The van der Waals surface area contributed by atoms with Crippen LogP contribution in [0.25, 0.3) is 0 Å². The van der Waals surface area contributed by atoms with Crippen molar-refractivity contribution >= 4 is 17.6 Å². The first-order valence-electron chi connectivity index (χ1n) is 10.3. The highest BCUT2D eigenvalue weighted by Gasteiger charge is 2.13. The maximum Gasteiger partial charge on any atom is 0.242 e. The highest BCUT2D eigenvalue weighted by molar-refractivity contribution is 5.95. The molecule has 0 atom stereocenters. The molecule has 1 amide bonds. The summed E-state index contributed by atoms with van der Waals surface area (Å²) in [5, 5.41) is 9.34. The molecule has 0 aliphatic heterocycles. The zero-order chi connectivity index (χ0) is 21.9. The molecule has 0 aliphatic carbocycles. The van der Waals surface area contributed by atoms with E-state index >= 15 is 0 Å². The minimum atomic E-state index is -0.287. The van der Waals surface area contributed by atoms with Gasteiger partial charge in [0, 0.05) is 24.4 Å². The lowest BCUT2D eigenvalue weighted by molar-refractivity contribution is -0.121. The van der Waals surface area contributed by atoms with Crippen molar-refractivity contribution in [3.8, 4) is 5.75 Å². The van der Waals surface area contributed by atoms with Gasteiger partial charge in [-0.05, 0) is 64.8 Å². The number of nitrogens with zero attached hydrogens (tertiary/aromatic N) is 1. The Morgan fingerprint density at radius 3 is 2.31 bits per heavy atom. The minimum absolute atomic E-state index is 0.0357. The van der Waals surface area contributed by atoms with Crippen LogP contribution < -0.4 is 20.7 Å². The molecule has 0 saturated carbocycles. The van der Waals surface area contributed by atoms with E-state index in [2.05, 4.69) is 34.8 Å². The summed E-state index contributed by atoms with van der Waals surface area (Å²) in [5.41, 5.74) is 0.566. The Bertz CT molecular complexity index is 634. The summed E-state index contributed by atoms with van der Waals surface area (Å²) in [6, 6.07) is 7.63. The van der Waals surface area contributed by atoms with Gasteiger partial charge < -0.3 is 25.4 Å². The minimum Gasteiger partial charge on any atom is -0.491 e. The Labute approximate surface area is 175 Å². The fourth-order valence-corrected chi connectivity index (χ4v) is 2.33.